The topological polar surface area (TPSA) is 29.3 Å². The van der Waals surface area contributed by atoms with E-state index in [1.807, 2.05) is 28.9 Å². The summed E-state index contributed by atoms with van der Waals surface area (Å²) in [5.41, 5.74) is 1.83. The Morgan fingerprint density at radius 3 is 3.00 bits per heavy atom. The third kappa shape index (κ3) is 2.30. The minimum Gasteiger partial charge on any atom is -0.309 e. The van der Waals surface area contributed by atoms with Crippen molar-refractivity contribution in [2.75, 3.05) is 0 Å². The van der Waals surface area contributed by atoms with Gasteiger partial charge < -0.3 is 9.72 Å². The molecule has 80 valence electrons. The van der Waals surface area contributed by atoms with E-state index < -0.39 is 0 Å². The number of nitrogens with one attached hydrogen (secondary N) is 1. The summed E-state index contributed by atoms with van der Waals surface area (Å²) in [6, 6.07) is 4.23. The van der Waals surface area contributed by atoms with Crippen LogP contribution in [0.5, 0.6) is 0 Å². The Hall–Kier alpha value is -1.06. The third-order valence-electron chi connectivity index (χ3n) is 2.18. The molecule has 2 aromatic heterocycles. The Bertz CT molecular complexity index is 462. The number of halogens is 1. The largest absolute Gasteiger partial charge is 0.309 e. The Kier molecular flexibility index (Phi) is 2.93. The summed E-state index contributed by atoms with van der Waals surface area (Å²) >= 11 is 6.03. The molecule has 0 unspecified atom stereocenters. The summed E-state index contributed by atoms with van der Waals surface area (Å²) in [7, 11) is 0. The molecule has 2 aromatic rings. The van der Waals surface area contributed by atoms with Crippen LogP contribution in [0.25, 0.3) is 5.65 Å². The van der Waals surface area contributed by atoms with Gasteiger partial charge in [-0.25, -0.2) is 4.98 Å². The quantitative estimate of drug-likeness (QED) is 0.867. The first kappa shape index (κ1) is 10.5. The lowest BCUT2D eigenvalue weighted by atomic mass is 10.3. The number of fused-ring (bicyclic) bond motifs is 1. The molecule has 0 aliphatic carbocycles. The van der Waals surface area contributed by atoms with Gasteiger partial charge in [0.2, 0.25) is 0 Å². The van der Waals surface area contributed by atoms with Gasteiger partial charge in [0.25, 0.3) is 0 Å². The number of pyridine rings is 1. The Labute approximate surface area is 94.1 Å². The highest BCUT2D eigenvalue weighted by Gasteiger charge is 2.04. The fourth-order valence-electron chi connectivity index (χ4n) is 1.42. The number of hydrogen-bond donors (Lipinski definition) is 1. The van der Waals surface area contributed by atoms with Gasteiger partial charge in [-0.05, 0) is 12.1 Å². The average molecular weight is 224 g/mol. The first-order valence-electron chi connectivity index (χ1n) is 5.02. The van der Waals surface area contributed by atoms with Crippen LogP contribution < -0.4 is 5.32 Å². The predicted molar refractivity (Wildman–Crippen MR) is 62.2 cm³/mol. The van der Waals surface area contributed by atoms with E-state index in [9.17, 15) is 0 Å². The molecule has 0 radical (unpaired) electrons. The summed E-state index contributed by atoms with van der Waals surface area (Å²) in [6.07, 6.45) is 3.95. The van der Waals surface area contributed by atoms with Crippen molar-refractivity contribution in [2.24, 2.45) is 0 Å². The van der Waals surface area contributed by atoms with Crippen LogP contribution in [0.1, 0.15) is 19.5 Å². The Morgan fingerprint density at radius 2 is 2.33 bits per heavy atom. The smallest absolute Gasteiger partial charge is 0.155 e. The molecule has 0 amide bonds. The molecule has 15 heavy (non-hydrogen) atoms. The van der Waals surface area contributed by atoms with E-state index in [2.05, 4.69) is 24.1 Å². The highest BCUT2D eigenvalue weighted by Crippen LogP contribution is 2.15. The van der Waals surface area contributed by atoms with Crippen molar-refractivity contribution in [1.82, 2.24) is 14.7 Å². The van der Waals surface area contributed by atoms with E-state index in [1.165, 1.54) is 0 Å². The molecule has 0 fully saturated rings. The van der Waals surface area contributed by atoms with Gasteiger partial charge >= 0.3 is 0 Å². The van der Waals surface area contributed by atoms with Crippen LogP contribution in [0.15, 0.2) is 24.5 Å². The minimum absolute atomic E-state index is 0.463. The monoisotopic (exact) mass is 223 g/mol. The van der Waals surface area contributed by atoms with E-state index in [0.717, 1.165) is 17.9 Å². The maximum atomic E-state index is 6.03. The van der Waals surface area contributed by atoms with Crippen LogP contribution >= 0.6 is 11.6 Å². The number of imidazole rings is 1. The molecular formula is C11H14ClN3. The minimum atomic E-state index is 0.463. The van der Waals surface area contributed by atoms with Gasteiger partial charge in [-0.3, -0.25) is 0 Å². The molecule has 0 saturated heterocycles. The van der Waals surface area contributed by atoms with Crippen molar-refractivity contribution in [3.05, 3.63) is 35.2 Å². The standard InChI is InChI=1S/C11H14ClN3/c1-8(2)13-6-9-7-15-5-3-4-10(12)11(15)14-9/h3-5,7-8,13H,6H2,1-2H3. The first-order valence-corrected chi connectivity index (χ1v) is 5.40. The van der Waals surface area contributed by atoms with Crippen LogP contribution in [0.3, 0.4) is 0 Å². The molecule has 4 heteroatoms. The van der Waals surface area contributed by atoms with Gasteiger partial charge in [0.15, 0.2) is 5.65 Å². The zero-order valence-electron chi connectivity index (χ0n) is 8.87. The van der Waals surface area contributed by atoms with Gasteiger partial charge in [-0.2, -0.15) is 0 Å². The highest BCUT2D eigenvalue weighted by atomic mass is 35.5. The molecule has 0 atom stereocenters. The SMILES string of the molecule is CC(C)NCc1cn2cccc(Cl)c2n1. The molecule has 3 nitrogen and oxygen atoms in total. The summed E-state index contributed by atoms with van der Waals surface area (Å²) in [5, 5.41) is 4.01. The zero-order chi connectivity index (χ0) is 10.8. The summed E-state index contributed by atoms with van der Waals surface area (Å²) in [5.74, 6) is 0. The maximum Gasteiger partial charge on any atom is 0.155 e. The molecule has 2 heterocycles. The summed E-state index contributed by atoms with van der Waals surface area (Å²) in [4.78, 5) is 4.45. The van der Waals surface area contributed by atoms with Crippen molar-refractivity contribution < 1.29 is 0 Å². The van der Waals surface area contributed by atoms with E-state index in [1.54, 1.807) is 0 Å². The lowest BCUT2D eigenvalue weighted by molar-refractivity contribution is 0.583. The van der Waals surface area contributed by atoms with Crippen molar-refractivity contribution in [1.29, 1.82) is 0 Å². The second-order valence-corrected chi connectivity index (χ2v) is 4.26. The maximum absolute atomic E-state index is 6.03. The Balaban J connectivity index is 2.27. The van der Waals surface area contributed by atoms with Crippen LogP contribution in [0.4, 0.5) is 0 Å². The Morgan fingerprint density at radius 1 is 1.53 bits per heavy atom. The predicted octanol–water partition coefficient (Wildman–Crippen LogP) is 2.49. The number of hydrogen-bond acceptors (Lipinski definition) is 2. The average Bonchev–Trinajstić information content (AvgIpc) is 2.59. The summed E-state index contributed by atoms with van der Waals surface area (Å²) in [6.45, 7) is 5.00. The van der Waals surface area contributed by atoms with Crippen LogP contribution in [-0.4, -0.2) is 15.4 Å². The molecule has 1 N–H and O–H groups in total. The lowest BCUT2D eigenvalue weighted by Crippen LogP contribution is -2.21. The van der Waals surface area contributed by atoms with Gasteiger partial charge in [0, 0.05) is 25.0 Å². The molecule has 0 bridgehead atoms. The van der Waals surface area contributed by atoms with E-state index in [4.69, 9.17) is 11.6 Å². The van der Waals surface area contributed by atoms with Crippen molar-refractivity contribution >= 4 is 17.2 Å². The highest BCUT2D eigenvalue weighted by molar-refractivity contribution is 6.33. The van der Waals surface area contributed by atoms with Gasteiger partial charge in [0.1, 0.15) is 0 Å². The zero-order valence-corrected chi connectivity index (χ0v) is 9.62. The molecule has 0 aromatic carbocycles. The van der Waals surface area contributed by atoms with Gasteiger partial charge in [0.05, 0.1) is 10.7 Å². The molecule has 0 spiro atoms. The van der Waals surface area contributed by atoms with Gasteiger partial charge in [-0.15, -0.1) is 0 Å². The van der Waals surface area contributed by atoms with Gasteiger partial charge in [-0.1, -0.05) is 25.4 Å². The molecular weight excluding hydrogens is 210 g/mol. The number of aromatic nitrogens is 2. The van der Waals surface area contributed by atoms with Crippen molar-refractivity contribution in [3.8, 4) is 0 Å². The second-order valence-electron chi connectivity index (χ2n) is 3.85. The van der Waals surface area contributed by atoms with E-state index in [-0.39, 0.29) is 0 Å². The van der Waals surface area contributed by atoms with Crippen molar-refractivity contribution in [2.45, 2.75) is 26.4 Å². The van der Waals surface area contributed by atoms with E-state index >= 15 is 0 Å². The summed E-state index contributed by atoms with van der Waals surface area (Å²) < 4.78 is 1.94. The number of rotatable bonds is 3. The molecule has 0 saturated carbocycles. The molecule has 0 aliphatic heterocycles. The lowest BCUT2D eigenvalue weighted by Gasteiger charge is -2.04. The first-order chi connectivity index (χ1) is 7.16. The third-order valence-corrected chi connectivity index (χ3v) is 2.47. The normalized spacial score (nSPS) is 11.5. The van der Waals surface area contributed by atoms with E-state index in [0.29, 0.717) is 11.1 Å². The van der Waals surface area contributed by atoms with Crippen molar-refractivity contribution in [3.63, 3.8) is 0 Å². The number of nitrogens with zero attached hydrogens (tertiary/aromatic N) is 2. The van der Waals surface area contributed by atoms with Crippen LogP contribution in [0, 0.1) is 0 Å². The second kappa shape index (κ2) is 4.21. The fourth-order valence-corrected chi connectivity index (χ4v) is 1.64. The molecule has 2 rings (SSSR count). The fraction of sp³-hybridized carbons (Fsp3) is 0.364. The van der Waals surface area contributed by atoms with Crippen LogP contribution in [-0.2, 0) is 6.54 Å². The van der Waals surface area contributed by atoms with Crippen LogP contribution in [0.2, 0.25) is 5.02 Å². The molecule has 0 aliphatic rings.